The molecule has 1 aliphatic rings. The van der Waals surface area contributed by atoms with Gasteiger partial charge in [-0.05, 0) is 54.1 Å². The molecule has 2 aromatic carbocycles. The molecule has 1 aromatic heterocycles. The van der Waals surface area contributed by atoms with E-state index in [4.69, 9.17) is 16.4 Å². The van der Waals surface area contributed by atoms with E-state index >= 15 is 0 Å². The summed E-state index contributed by atoms with van der Waals surface area (Å²) in [6.07, 6.45) is 0.400. The summed E-state index contributed by atoms with van der Waals surface area (Å²) in [6.45, 7) is 0.367. The highest BCUT2D eigenvalue weighted by Gasteiger charge is 2.23. The van der Waals surface area contributed by atoms with Crippen molar-refractivity contribution in [3.63, 3.8) is 0 Å². The Labute approximate surface area is 176 Å². The Kier molecular flexibility index (Phi) is 5.78. The van der Waals surface area contributed by atoms with Gasteiger partial charge in [0.2, 0.25) is 0 Å². The zero-order chi connectivity index (χ0) is 20.2. The number of carbonyl (C=O) groups excluding carboxylic acids is 1. The molecule has 1 amide bonds. The first-order chi connectivity index (χ1) is 14.1. The molecule has 0 saturated heterocycles. The number of nitrogens with zero attached hydrogens (tertiary/aromatic N) is 1. The summed E-state index contributed by atoms with van der Waals surface area (Å²) in [7, 11) is 0. The fourth-order valence-corrected chi connectivity index (χ4v) is 3.84. The van der Waals surface area contributed by atoms with Crippen molar-refractivity contribution in [3.8, 4) is 0 Å². The van der Waals surface area contributed by atoms with Crippen molar-refractivity contribution < 1.29 is 14.0 Å². The van der Waals surface area contributed by atoms with Crippen molar-refractivity contribution in [1.82, 2.24) is 5.32 Å². The summed E-state index contributed by atoms with van der Waals surface area (Å²) >= 11 is 7.09. The molecular weight excluding hydrogens is 413 g/mol. The summed E-state index contributed by atoms with van der Waals surface area (Å²) in [6, 6.07) is 17.3. The third-order valence-corrected chi connectivity index (χ3v) is 5.60. The van der Waals surface area contributed by atoms with Gasteiger partial charge in [0.1, 0.15) is 11.9 Å². The first-order valence-electron chi connectivity index (χ1n) is 8.96. The lowest BCUT2D eigenvalue weighted by molar-refractivity contribution is 0.0755. The van der Waals surface area contributed by atoms with E-state index in [1.54, 1.807) is 24.3 Å². The lowest BCUT2D eigenvalue weighted by Gasteiger charge is -2.09. The number of carbonyl (C=O) groups is 1. The van der Waals surface area contributed by atoms with Crippen LogP contribution in [-0.4, -0.2) is 24.3 Å². The smallest absolute Gasteiger partial charge is 0.261 e. The number of nitrogens with one attached hydrogen (secondary N) is 2. The van der Waals surface area contributed by atoms with Crippen molar-refractivity contribution in [2.45, 2.75) is 12.5 Å². The number of hydrogen-bond donors (Lipinski definition) is 2. The minimum atomic E-state index is -0.268. The Morgan fingerprint density at radius 2 is 1.79 bits per heavy atom. The molecule has 2 N–H and O–H groups in total. The minimum Gasteiger partial charge on any atom is -0.390 e. The van der Waals surface area contributed by atoms with Gasteiger partial charge in [0, 0.05) is 17.8 Å². The van der Waals surface area contributed by atoms with E-state index < -0.39 is 0 Å². The second-order valence-corrected chi connectivity index (χ2v) is 8.21. The lowest BCUT2D eigenvalue weighted by Crippen LogP contribution is -2.31. The third kappa shape index (κ3) is 4.93. The molecule has 0 radical (unpaired) electrons. The maximum Gasteiger partial charge on any atom is 0.261 e. The van der Waals surface area contributed by atoms with E-state index in [-0.39, 0.29) is 17.8 Å². The van der Waals surface area contributed by atoms with Crippen LogP contribution in [0.4, 0.5) is 15.8 Å². The van der Waals surface area contributed by atoms with Crippen molar-refractivity contribution in [1.29, 1.82) is 0 Å². The van der Waals surface area contributed by atoms with Gasteiger partial charge >= 0.3 is 0 Å². The Morgan fingerprint density at radius 1 is 1.10 bits per heavy atom. The molecule has 0 saturated carbocycles. The van der Waals surface area contributed by atoms with Crippen LogP contribution in [0.1, 0.15) is 21.7 Å². The summed E-state index contributed by atoms with van der Waals surface area (Å²) in [5.74, 6) is -0.440. The standard InChI is InChI=1S/C21H17ClFN3O2S/c22-20-10-9-19(29-20)21(27)24-12-17-11-18(26-28-17)13-1-5-15(6-2-13)25-16-7-3-14(23)4-8-16/h1-10,17,25H,11-12H2,(H,24,27). The second kappa shape index (κ2) is 8.63. The quantitative estimate of drug-likeness (QED) is 0.565. The Hall–Kier alpha value is -2.90. The number of amides is 1. The number of rotatable bonds is 6. The summed E-state index contributed by atoms with van der Waals surface area (Å²) in [5.41, 5.74) is 3.48. The Balaban J connectivity index is 1.29. The fourth-order valence-electron chi connectivity index (χ4n) is 2.88. The van der Waals surface area contributed by atoms with Crippen molar-refractivity contribution in [2.75, 3.05) is 11.9 Å². The van der Waals surface area contributed by atoms with E-state index in [0.717, 1.165) is 22.6 Å². The molecule has 1 atom stereocenters. The van der Waals surface area contributed by atoms with Crippen LogP contribution in [0.3, 0.4) is 0 Å². The van der Waals surface area contributed by atoms with Crippen LogP contribution in [0.5, 0.6) is 0 Å². The predicted molar refractivity (Wildman–Crippen MR) is 114 cm³/mol. The maximum atomic E-state index is 13.0. The molecular formula is C21H17ClFN3O2S. The van der Waals surface area contributed by atoms with Crippen LogP contribution in [0.25, 0.3) is 0 Å². The largest absolute Gasteiger partial charge is 0.390 e. The van der Waals surface area contributed by atoms with Crippen LogP contribution >= 0.6 is 22.9 Å². The Morgan fingerprint density at radius 3 is 2.45 bits per heavy atom. The van der Waals surface area contributed by atoms with Crippen LogP contribution in [0.2, 0.25) is 4.34 Å². The summed E-state index contributed by atoms with van der Waals surface area (Å²) < 4.78 is 13.6. The molecule has 0 aliphatic carbocycles. The molecule has 148 valence electrons. The lowest BCUT2D eigenvalue weighted by atomic mass is 10.0. The first-order valence-corrected chi connectivity index (χ1v) is 10.2. The van der Waals surface area contributed by atoms with Crippen LogP contribution in [0, 0.1) is 5.82 Å². The molecule has 29 heavy (non-hydrogen) atoms. The van der Waals surface area contributed by atoms with Gasteiger partial charge in [-0.1, -0.05) is 28.9 Å². The van der Waals surface area contributed by atoms with Crippen LogP contribution in [-0.2, 0) is 4.84 Å². The highest BCUT2D eigenvalue weighted by atomic mass is 35.5. The van der Waals surface area contributed by atoms with E-state index in [0.29, 0.717) is 22.2 Å². The molecule has 3 aromatic rings. The van der Waals surface area contributed by atoms with Gasteiger partial charge in [-0.3, -0.25) is 4.79 Å². The molecule has 4 rings (SSSR count). The van der Waals surface area contributed by atoms with Gasteiger partial charge in [0.25, 0.3) is 5.91 Å². The monoisotopic (exact) mass is 429 g/mol. The number of anilines is 2. The molecule has 5 nitrogen and oxygen atoms in total. The van der Waals surface area contributed by atoms with Crippen LogP contribution in [0.15, 0.2) is 65.8 Å². The van der Waals surface area contributed by atoms with Gasteiger partial charge in [-0.2, -0.15) is 0 Å². The number of oxime groups is 1. The predicted octanol–water partition coefficient (Wildman–Crippen LogP) is 5.21. The van der Waals surface area contributed by atoms with Gasteiger partial charge in [0.05, 0.1) is 21.5 Å². The second-order valence-electron chi connectivity index (χ2n) is 6.49. The summed E-state index contributed by atoms with van der Waals surface area (Å²) in [5, 5.41) is 10.2. The van der Waals surface area contributed by atoms with Crippen molar-refractivity contribution in [2.24, 2.45) is 5.16 Å². The van der Waals surface area contributed by atoms with Crippen molar-refractivity contribution >= 4 is 45.9 Å². The first kappa shape index (κ1) is 19.4. The molecule has 0 bridgehead atoms. The average molecular weight is 430 g/mol. The molecule has 1 unspecified atom stereocenters. The highest BCUT2D eigenvalue weighted by Crippen LogP contribution is 2.23. The molecule has 2 heterocycles. The number of halogens is 2. The number of hydrogen-bond acceptors (Lipinski definition) is 5. The van der Waals surface area contributed by atoms with E-state index in [2.05, 4.69) is 15.8 Å². The van der Waals surface area contributed by atoms with E-state index in [1.807, 2.05) is 24.3 Å². The Bertz CT molecular complexity index is 1030. The topological polar surface area (TPSA) is 62.7 Å². The zero-order valence-corrected chi connectivity index (χ0v) is 16.8. The molecule has 1 aliphatic heterocycles. The number of benzene rings is 2. The fraction of sp³-hybridized carbons (Fsp3) is 0.143. The normalized spacial score (nSPS) is 15.5. The third-order valence-electron chi connectivity index (χ3n) is 4.37. The van der Waals surface area contributed by atoms with Crippen molar-refractivity contribution in [3.05, 3.63) is 81.3 Å². The highest BCUT2D eigenvalue weighted by molar-refractivity contribution is 7.18. The van der Waals surface area contributed by atoms with Gasteiger partial charge in [-0.25, -0.2) is 4.39 Å². The molecule has 8 heteroatoms. The molecule has 0 spiro atoms. The number of thiophene rings is 1. The van der Waals surface area contributed by atoms with Gasteiger partial charge in [0.15, 0.2) is 0 Å². The van der Waals surface area contributed by atoms with Gasteiger partial charge < -0.3 is 15.5 Å². The minimum absolute atomic E-state index is 0.171. The van der Waals surface area contributed by atoms with Gasteiger partial charge in [-0.15, -0.1) is 11.3 Å². The zero-order valence-electron chi connectivity index (χ0n) is 15.2. The molecule has 0 fully saturated rings. The van der Waals surface area contributed by atoms with Crippen LogP contribution < -0.4 is 10.6 Å². The van der Waals surface area contributed by atoms with E-state index in [9.17, 15) is 9.18 Å². The SMILES string of the molecule is O=C(NCC1CC(c2ccc(Nc3ccc(F)cc3)cc2)=NO1)c1ccc(Cl)s1. The maximum absolute atomic E-state index is 13.0. The van der Waals surface area contributed by atoms with E-state index in [1.165, 1.54) is 23.5 Å². The average Bonchev–Trinajstić information content (AvgIpc) is 3.38. The summed E-state index contributed by atoms with van der Waals surface area (Å²) in [4.78, 5) is 18.1.